The normalized spacial score (nSPS) is 18.1. The molecule has 3 aliphatic rings. The van der Waals surface area contributed by atoms with E-state index in [0.717, 1.165) is 22.5 Å². The zero-order chi connectivity index (χ0) is 23.6. The average Bonchev–Trinajstić information content (AvgIpc) is 3.57. The summed E-state index contributed by atoms with van der Waals surface area (Å²) in [5, 5.41) is 6.15. The molecule has 0 radical (unpaired) electrons. The molecule has 0 N–H and O–H groups in total. The Morgan fingerprint density at radius 1 is 0.730 bits per heavy atom. The highest BCUT2D eigenvalue weighted by Crippen LogP contribution is 2.57. The van der Waals surface area contributed by atoms with Gasteiger partial charge < -0.3 is 4.74 Å². The standard InChI is InChI=1S/C32H16N4O/c1-2-7-21-20(6-1)35-22-8-3-15-33-29(22)19-12-14-24-28-26(19)31(35)36(21)32(28)27-23(37-24)13-11-17-9-10-18-5-4-16-34(32)30(18)25(17)27/h1-16H/q+2. The van der Waals surface area contributed by atoms with Crippen LogP contribution in [0.1, 0.15) is 11.1 Å². The number of pyridine rings is 3. The van der Waals surface area contributed by atoms with Gasteiger partial charge in [0.1, 0.15) is 28.1 Å². The number of ether oxygens (including phenoxy) is 1. The number of rotatable bonds is 0. The van der Waals surface area contributed by atoms with Crippen LogP contribution in [0.25, 0.3) is 60.2 Å². The third-order valence-electron chi connectivity index (χ3n) is 8.95. The number of para-hydroxylation sites is 2. The number of hydrogen-bond donors (Lipinski definition) is 0. The molecule has 37 heavy (non-hydrogen) atoms. The number of hydrogen-bond acceptors (Lipinski definition) is 2. The lowest BCUT2D eigenvalue weighted by molar-refractivity contribution is -0.934. The van der Waals surface area contributed by atoms with Crippen LogP contribution in [0.4, 0.5) is 0 Å². The lowest BCUT2D eigenvalue weighted by Gasteiger charge is -2.28. The van der Waals surface area contributed by atoms with Gasteiger partial charge in [-0.15, -0.1) is 9.13 Å². The van der Waals surface area contributed by atoms with Crippen LogP contribution < -0.4 is 13.9 Å². The van der Waals surface area contributed by atoms with Crippen molar-refractivity contribution >= 4 is 60.2 Å². The van der Waals surface area contributed by atoms with E-state index in [1.54, 1.807) is 0 Å². The summed E-state index contributed by atoms with van der Waals surface area (Å²) in [6.07, 6.45) is 4.16. The first kappa shape index (κ1) is 17.4. The van der Waals surface area contributed by atoms with Gasteiger partial charge in [0, 0.05) is 23.0 Å². The van der Waals surface area contributed by atoms with E-state index in [1.807, 2.05) is 12.3 Å². The number of imidazole rings is 1. The zero-order valence-corrected chi connectivity index (χ0v) is 19.4. The molecule has 0 bridgehead atoms. The quantitative estimate of drug-likeness (QED) is 0.209. The summed E-state index contributed by atoms with van der Waals surface area (Å²) in [5.41, 5.74) is 8.84. The maximum Gasteiger partial charge on any atom is 0.372 e. The van der Waals surface area contributed by atoms with Crippen LogP contribution in [0.2, 0.25) is 0 Å². The van der Waals surface area contributed by atoms with Crippen molar-refractivity contribution in [1.82, 2.24) is 9.38 Å². The molecule has 0 amide bonds. The van der Waals surface area contributed by atoms with Gasteiger partial charge in [0.15, 0.2) is 22.7 Å². The topological polar surface area (TPSA) is 34.3 Å². The third-order valence-corrected chi connectivity index (χ3v) is 8.95. The summed E-state index contributed by atoms with van der Waals surface area (Å²) in [5.74, 6) is 1.85. The summed E-state index contributed by atoms with van der Waals surface area (Å²) in [7, 11) is 0. The Kier molecular flexibility index (Phi) is 2.46. The van der Waals surface area contributed by atoms with Crippen molar-refractivity contribution in [2.75, 3.05) is 0 Å². The van der Waals surface area contributed by atoms with E-state index in [-0.39, 0.29) is 0 Å². The third kappa shape index (κ3) is 1.54. The maximum atomic E-state index is 6.74. The van der Waals surface area contributed by atoms with Gasteiger partial charge in [-0.3, -0.25) is 4.98 Å². The van der Waals surface area contributed by atoms with Gasteiger partial charge in [-0.25, -0.2) is 0 Å². The van der Waals surface area contributed by atoms with Gasteiger partial charge in [0.2, 0.25) is 5.52 Å². The molecule has 7 heterocycles. The van der Waals surface area contributed by atoms with Gasteiger partial charge in [0.05, 0.1) is 10.8 Å². The molecule has 5 heteroatoms. The molecule has 0 saturated carbocycles. The molecule has 0 aliphatic carbocycles. The first-order valence-corrected chi connectivity index (χ1v) is 12.7. The van der Waals surface area contributed by atoms with Crippen LogP contribution in [-0.2, 0) is 5.66 Å². The molecule has 1 atom stereocenters. The lowest BCUT2D eigenvalue weighted by Crippen LogP contribution is -2.71. The molecule has 1 spiro atoms. The van der Waals surface area contributed by atoms with E-state index >= 15 is 0 Å². The zero-order valence-electron chi connectivity index (χ0n) is 19.4. The average molecular weight is 473 g/mol. The summed E-state index contributed by atoms with van der Waals surface area (Å²) in [6.45, 7) is 0. The van der Waals surface area contributed by atoms with Crippen LogP contribution in [0, 0.1) is 0 Å². The Labute approximate surface area is 209 Å². The highest BCUT2D eigenvalue weighted by atomic mass is 16.5. The molecule has 1 unspecified atom stereocenters. The largest absolute Gasteiger partial charge is 0.456 e. The molecule has 8 aromatic rings. The lowest BCUT2D eigenvalue weighted by atomic mass is 9.85. The van der Waals surface area contributed by atoms with Crippen molar-refractivity contribution in [2.45, 2.75) is 5.66 Å². The fourth-order valence-electron chi connectivity index (χ4n) is 7.81. The van der Waals surface area contributed by atoms with Crippen molar-refractivity contribution < 1.29 is 13.9 Å². The first-order valence-electron chi connectivity index (χ1n) is 12.7. The minimum atomic E-state index is -0.584. The van der Waals surface area contributed by atoms with Crippen LogP contribution in [0.5, 0.6) is 11.5 Å². The Hall–Kier alpha value is -5.03. The fourth-order valence-corrected chi connectivity index (χ4v) is 7.81. The van der Waals surface area contributed by atoms with E-state index in [2.05, 4.69) is 98.6 Å². The summed E-state index contributed by atoms with van der Waals surface area (Å²) < 4.78 is 14.2. The predicted molar refractivity (Wildman–Crippen MR) is 141 cm³/mol. The molecule has 3 aliphatic heterocycles. The minimum Gasteiger partial charge on any atom is -0.456 e. The molecule has 0 saturated heterocycles. The second kappa shape index (κ2) is 5.22. The first-order chi connectivity index (χ1) is 18.4. The molecular weight excluding hydrogens is 456 g/mol. The molecular formula is C32H16N4O+2. The van der Waals surface area contributed by atoms with Crippen LogP contribution in [0.3, 0.4) is 0 Å². The van der Waals surface area contributed by atoms with Crippen molar-refractivity contribution in [3.63, 3.8) is 0 Å². The Morgan fingerprint density at radius 3 is 2.51 bits per heavy atom. The number of benzene rings is 4. The van der Waals surface area contributed by atoms with Crippen molar-refractivity contribution in [3.8, 4) is 11.5 Å². The number of fused-ring (bicyclic) bond motifs is 6. The van der Waals surface area contributed by atoms with Crippen molar-refractivity contribution in [3.05, 3.63) is 108 Å². The monoisotopic (exact) mass is 472 g/mol. The second-order valence-electron chi connectivity index (χ2n) is 10.4. The van der Waals surface area contributed by atoms with Crippen LogP contribution in [-0.4, -0.2) is 9.38 Å². The van der Waals surface area contributed by atoms with Gasteiger partial charge in [-0.2, -0.15) is 4.40 Å². The molecule has 168 valence electrons. The molecule has 0 fully saturated rings. The van der Waals surface area contributed by atoms with Gasteiger partial charge in [0.25, 0.3) is 0 Å². The van der Waals surface area contributed by atoms with E-state index in [9.17, 15) is 0 Å². The maximum absolute atomic E-state index is 6.74. The Bertz CT molecular complexity index is 2460. The van der Waals surface area contributed by atoms with Crippen LogP contribution in [0.15, 0.2) is 97.3 Å². The number of nitrogens with zero attached hydrogens (tertiary/aromatic N) is 4. The van der Waals surface area contributed by atoms with Gasteiger partial charge in [-0.05, 0) is 60.0 Å². The molecule has 4 aromatic heterocycles. The smallest absolute Gasteiger partial charge is 0.372 e. The van der Waals surface area contributed by atoms with Gasteiger partial charge in [-0.1, -0.05) is 24.3 Å². The molecule has 5 nitrogen and oxygen atoms in total. The molecule has 4 aromatic carbocycles. The highest BCUT2D eigenvalue weighted by Gasteiger charge is 2.68. The number of aromatic nitrogens is 4. The summed E-state index contributed by atoms with van der Waals surface area (Å²) in [4.78, 5) is 4.91. The predicted octanol–water partition coefficient (Wildman–Crippen LogP) is 5.71. The Morgan fingerprint density at radius 2 is 1.54 bits per heavy atom. The van der Waals surface area contributed by atoms with Gasteiger partial charge >= 0.3 is 11.3 Å². The second-order valence-corrected chi connectivity index (χ2v) is 10.4. The fraction of sp³-hybridized carbons (Fsp3) is 0.0312. The summed E-state index contributed by atoms with van der Waals surface area (Å²) >= 11 is 0. The van der Waals surface area contributed by atoms with E-state index in [1.165, 1.54) is 60.3 Å². The van der Waals surface area contributed by atoms with E-state index in [4.69, 9.17) is 9.72 Å². The van der Waals surface area contributed by atoms with E-state index in [0.29, 0.717) is 0 Å². The minimum absolute atomic E-state index is 0.584. The van der Waals surface area contributed by atoms with E-state index < -0.39 is 5.66 Å². The summed E-state index contributed by atoms with van der Waals surface area (Å²) in [6, 6.07) is 30.6. The van der Waals surface area contributed by atoms with Crippen LogP contribution >= 0.6 is 0 Å². The molecule has 11 rings (SSSR count). The Balaban J connectivity index is 1.56. The van der Waals surface area contributed by atoms with Crippen molar-refractivity contribution in [2.24, 2.45) is 0 Å². The SMILES string of the molecule is c1cnc2c3ccc4c5c3c3n(c2c1)c1ccccc1[n+]3C51c2c(ccc3ccc5ccc[n+]1c5c23)O4. The highest BCUT2D eigenvalue weighted by molar-refractivity contribution is 6.16. The van der Waals surface area contributed by atoms with Crippen molar-refractivity contribution in [1.29, 1.82) is 0 Å².